The van der Waals surface area contributed by atoms with Crippen molar-refractivity contribution in [3.8, 4) is 0 Å². The van der Waals surface area contributed by atoms with Crippen LogP contribution in [0.25, 0.3) is 11.0 Å². The van der Waals surface area contributed by atoms with Gasteiger partial charge in [-0.15, -0.1) is 24.0 Å². The van der Waals surface area contributed by atoms with E-state index < -0.39 is 0 Å². The normalized spacial score (nSPS) is 15.6. The first kappa shape index (κ1) is 16.1. The molecule has 0 amide bonds. The quantitative estimate of drug-likeness (QED) is 0.470. The fourth-order valence-electron chi connectivity index (χ4n) is 2.53. The maximum Gasteiger partial charge on any atom is 0.189 e. The fraction of sp³-hybridized carbons (Fsp3) is 0.438. The summed E-state index contributed by atoms with van der Waals surface area (Å²) in [5, 5.41) is 4.35. The lowest BCUT2D eigenvalue weighted by Gasteiger charge is -2.25. The van der Waals surface area contributed by atoms with Crippen molar-refractivity contribution in [3.63, 3.8) is 0 Å². The highest BCUT2D eigenvalue weighted by atomic mass is 127. The Morgan fingerprint density at radius 2 is 2.14 bits per heavy atom. The number of guanidine groups is 1. The Kier molecular flexibility index (Phi) is 5.50. The van der Waals surface area contributed by atoms with Crippen LogP contribution in [0, 0.1) is 12.8 Å². The van der Waals surface area contributed by atoms with E-state index >= 15 is 0 Å². The van der Waals surface area contributed by atoms with E-state index in [-0.39, 0.29) is 24.0 Å². The number of fused-ring (bicyclic) bond motifs is 1. The molecule has 1 aromatic carbocycles. The Hall–Kier alpha value is -1.24. The topological polar surface area (TPSA) is 63.5 Å². The van der Waals surface area contributed by atoms with Crippen LogP contribution in [-0.4, -0.2) is 12.5 Å². The second kappa shape index (κ2) is 7.15. The largest absolute Gasteiger partial charge is 0.459 e. The molecular weight excluding hydrogens is 377 g/mol. The summed E-state index contributed by atoms with van der Waals surface area (Å²) < 4.78 is 5.82. The Morgan fingerprint density at radius 3 is 2.81 bits per heavy atom. The van der Waals surface area contributed by atoms with Crippen LogP contribution in [-0.2, 0) is 6.54 Å². The molecule has 3 N–H and O–H groups in total. The summed E-state index contributed by atoms with van der Waals surface area (Å²) in [4.78, 5) is 4.37. The van der Waals surface area contributed by atoms with Gasteiger partial charge in [0.1, 0.15) is 17.9 Å². The van der Waals surface area contributed by atoms with Crippen LogP contribution in [0.2, 0.25) is 0 Å². The molecule has 4 nitrogen and oxygen atoms in total. The number of rotatable bonds is 4. The van der Waals surface area contributed by atoms with Crippen LogP contribution in [0.1, 0.15) is 30.6 Å². The minimum atomic E-state index is 0. The molecule has 1 heterocycles. The van der Waals surface area contributed by atoms with Crippen molar-refractivity contribution in [2.75, 3.05) is 6.54 Å². The van der Waals surface area contributed by atoms with Crippen molar-refractivity contribution in [3.05, 3.63) is 35.6 Å². The van der Waals surface area contributed by atoms with Crippen LogP contribution in [0.15, 0.2) is 33.7 Å². The highest BCUT2D eigenvalue weighted by Crippen LogP contribution is 2.26. The van der Waals surface area contributed by atoms with Crippen molar-refractivity contribution in [2.24, 2.45) is 16.6 Å². The predicted molar refractivity (Wildman–Crippen MR) is 97.0 cm³/mol. The number of hydrogen-bond acceptors (Lipinski definition) is 2. The minimum Gasteiger partial charge on any atom is -0.459 e. The average Bonchev–Trinajstić information content (AvgIpc) is 2.72. The van der Waals surface area contributed by atoms with E-state index in [0.29, 0.717) is 12.5 Å². The molecular formula is C16H22IN3O. The molecule has 21 heavy (non-hydrogen) atoms. The number of aryl methyl sites for hydroxylation is 1. The van der Waals surface area contributed by atoms with Gasteiger partial charge >= 0.3 is 0 Å². The molecule has 0 aliphatic heterocycles. The second-order valence-electron chi connectivity index (χ2n) is 5.53. The van der Waals surface area contributed by atoms with Gasteiger partial charge < -0.3 is 15.5 Å². The molecule has 5 heteroatoms. The first-order chi connectivity index (χ1) is 9.74. The molecule has 114 valence electrons. The number of nitrogens with zero attached hydrogens (tertiary/aromatic N) is 1. The molecule has 0 atom stereocenters. The third kappa shape index (κ3) is 3.70. The maximum atomic E-state index is 5.89. The summed E-state index contributed by atoms with van der Waals surface area (Å²) >= 11 is 0. The third-order valence-electron chi connectivity index (χ3n) is 4.13. The number of para-hydroxylation sites is 1. The van der Waals surface area contributed by atoms with Gasteiger partial charge in [-0.3, -0.25) is 0 Å². The monoisotopic (exact) mass is 399 g/mol. The van der Waals surface area contributed by atoms with Crippen molar-refractivity contribution >= 4 is 40.9 Å². The number of halogens is 1. The smallest absolute Gasteiger partial charge is 0.189 e. The Balaban J connectivity index is 0.00000161. The van der Waals surface area contributed by atoms with Gasteiger partial charge in [-0.05, 0) is 31.7 Å². The van der Waals surface area contributed by atoms with Crippen molar-refractivity contribution < 1.29 is 4.42 Å². The molecule has 1 aromatic heterocycles. The highest BCUT2D eigenvalue weighted by Gasteiger charge is 2.16. The minimum absolute atomic E-state index is 0. The van der Waals surface area contributed by atoms with Gasteiger partial charge in [0.05, 0.1) is 0 Å². The zero-order valence-corrected chi connectivity index (χ0v) is 14.6. The molecule has 0 saturated heterocycles. The lowest BCUT2D eigenvalue weighted by Crippen LogP contribution is -2.37. The maximum absolute atomic E-state index is 5.89. The zero-order valence-electron chi connectivity index (χ0n) is 12.3. The number of furan rings is 1. The van der Waals surface area contributed by atoms with E-state index in [1.807, 2.05) is 18.2 Å². The van der Waals surface area contributed by atoms with Crippen molar-refractivity contribution in [1.29, 1.82) is 0 Å². The first-order valence-corrected chi connectivity index (χ1v) is 7.25. The molecule has 0 spiro atoms. The van der Waals surface area contributed by atoms with Crippen molar-refractivity contribution in [1.82, 2.24) is 5.32 Å². The van der Waals surface area contributed by atoms with Crippen LogP contribution in [0.5, 0.6) is 0 Å². The first-order valence-electron chi connectivity index (χ1n) is 7.25. The summed E-state index contributed by atoms with van der Waals surface area (Å²) in [5.74, 6) is 2.17. The van der Waals surface area contributed by atoms with Crippen molar-refractivity contribution in [2.45, 2.75) is 32.7 Å². The van der Waals surface area contributed by atoms with E-state index in [2.05, 4.69) is 23.3 Å². The Bertz CT molecular complexity index is 631. The molecule has 0 unspecified atom stereocenters. The zero-order chi connectivity index (χ0) is 13.9. The molecule has 3 rings (SSSR count). The number of benzene rings is 1. The summed E-state index contributed by atoms with van der Waals surface area (Å²) in [6.07, 6.45) is 3.97. The van der Waals surface area contributed by atoms with E-state index in [0.717, 1.165) is 34.8 Å². The van der Waals surface area contributed by atoms with Gasteiger partial charge in [0.15, 0.2) is 5.96 Å². The molecule has 2 aromatic rings. The molecule has 1 fully saturated rings. The van der Waals surface area contributed by atoms with Crippen LogP contribution < -0.4 is 11.1 Å². The van der Waals surface area contributed by atoms with E-state index in [9.17, 15) is 0 Å². The van der Waals surface area contributed by atoms with E-state index in [1.54, 1.807) is 0 Å². The van der Waals surface area contributed by atoms with Crippen LogP contribution in [0.3, 0.4) is 0 Å². The summed E-state index contributed by atoms with van der Waals surface area (Å²) in [7, 11) is 0. The van der Waals surface area contributed by atoms with Gasteiger partial charge in [-0.2, -0.15) is 0 Å². The molecule has 1 saturated carbocycles. The number of hydrogen-bond donors (Lipinski definition) is 2. The molecule has 0 bridgehead atoms. The highest BCUT2D eigenvalue weighted by molar-refractivity contribution is 14.0. The van der Waals surface area contributed by atoms with E-state index in [4.69, 9.17) is 10.2 Å². The number of nitrogens with two attached hydrogens (primary N) is 1. The third-order valence-corrected chi connectivity index (χ3v) is 4.13. The van der Waals surface area contributed by atoms with Gasteiger partial charge in [0.25, 0.3) is 0 Å². The number of nitrogens with one attached hydrogen (secondary N) is 1. The second-order valence-corrected chi connectivity index (χ2v) is 5.53. The average molecular weight is 399 g/mol. The SMILES string of the molecule is Cc1c(CN=C(N)NCC2CCC2)oc2ccccc12.I. The standard InChI is InChI=1S/C16H21N3O.HI/c1-11-13-7-2-3-8-14(13)20-15(11)10-19-16(17)18-9-12-5-4-6-12;/h2-3,7-8,12H,4-6,9-10H2,1H3,(H3,17,18,19);1H. The van der Waals surface area contributed by atoms with Gasteiger partial charge in [-0.1, -0.05) is 24.6 Å². The Morgan fingerprint density at radius 1 is 1.38 bits per heavy atom. The van der Waals surface area contributed by atoms with E-state index in [1.165, 1.54) is 19.3 Å². The predicted octanol–water partition coefficient (Wildman–Crippen LogP) is 3.56. The van der Waals surface area contributed by atoms with Gasteiger partial charge in [0.2, 0.25) is 0 Å². The summed E-state index contributed by atoms with van der Waals surface area (Å²) in [5.41, 5.74) is 7.95. The van der Waals surface area contributed by atoms with Crippen LogP contribution in [0.4, 0.5) is 0 Å². The van der Waals surface area contributed by atoms with Gasteiger partial charge in [-0.25, -0.2) is 4.99 Å². The van der Waals surface area contributed by atoms with Gasteiger partial charge in [0, 0.05) is 17.5 Å². The Labute approximate surface area is 142 Å². The molecule has 0 radical (unpaired) electrons. The summed E-state index contributed by atoms with van der Waals surface area (Å²) in [6, 6.07) is 8.05. The summed E-state index contributed by atoms with van der Waals surface area (Å²) in [6.45, 7) is 3.49. The lowest BCUT2D eigenvalue weighted by atomic mass is 9.85. The molecule has 1 aliphatic carbocycles. The fourth-order valence-corrected chi connectivity index (χ4v) is 2.53. The van der Waals surface area contributed by atoms with Crippen LogP contribution >= 0.6 is 24.0 Å². The molecule has 1 aliphatic rings. The lowest BCUT2D eigenvalue weighted by molar-refractivity contribution is 0.315. The number of aliphatic imine (C=N–C) groups is 1.